The molecule has 4 fully saturated rings. The lowest BCUT2D eigenvalue weighted by Crippen LogP contribution is -2.49. The summed E-state index contributed by atoms with van der Waals surface area (Å²) in [4.78, 5) is 0. The van der Waals surface area contributed by atoms with Crippen LogP contribution < -0.4 is 0 Å². The fourth-order valence-corrected chi connectivity index (χ4v) is 3.78. The van der Waals surface area contributed by atoms with E-state index in [1.54, 1.807) is 0 Å². The van der Waals surface area contributed by atoms with Crippen molar-refractivity contribution in [2.24, 2.45) is 11.8 Å². The molecule has 0 radical (unpaired) electrons. The van der Waals surface area contributed by atoms with Crippen LogP contribution in [0, 0.1) is 11.8 Å². The maximum Gasteiger partial charge on any atom is 0.0900 e. The maximum absolute atomic E-state index is 9.81. The summed E-state index contributed by atoms with van der Waals surface area (Å²) in [6.07, 6.45) is 2.66. The Hall–Kier alpha value is -0.0800. The lowest BCUT2D eigenvalue weighted by Gasteiger charge is -2.34. The van der Waals surface area contributed by atoms with Crippen LogP contribution in [-0.4, -0.2) is 41.9 Å². The molecular formula is C9H16NO+. The molecule has 4 bridgehead atoms. The van der Waals surface area contributed by atoms with Gasteiger partial charge in [-0.15, -0.1) is 0 Å². The first kappa shape index (κ1) is 6.44. The van der Waals surface area contributed by atoms with Gasteiger partial charge in [-0.05, 0) is 0 Å². The summed E-state index contributed by atoms with van der Waals surface area (Å²) in [5, 5.41) is 9.81. The number of piperidine rings is 1. The fraction of sp³-hybridized carbons (Fsp3) is 1.00. The van der Waals surface area contributed by atoms with E-state index >= 15 is 0 Å². The third-order valence-electron chi connectivity index (χ3n) is 4.30. The molecule has 2 heteroatoms. The van der Waals surface area contributed by atoms with E-state index < -0.39 is 0 Å². The van der Waals surface area contributed by atoms with Crippen LogP contribution in [-0.2, 0) is 0 Å². The maximum atomic E-state index is 9.81. The molecule has 0 aromatic rings. The Kier molecular flexibility index (Phi) is 0.961. The van der Waals surface area contributed by atoms with Crippen molar-refractivity contribution in [3.05, 3.63) is 0 Å². The highest BCUT2D eigenvalue weighted by Crippen LogP contribution is 2.49. The minimum absolute atomic E-state index is 0.0555. The molecule has 0 aromatic carbocycles. The molecule has 0 spiro atoms. The molecule has 62 valence electrons. The van der Waals surface area contributed by atoms with E-state index in [2.05, 4.69) is 7.05 Å². The largest absolute Gasteiger partial charge is 0.392 e. The standard InChI is InChI=1S/C9H16NO/c1-10-4-6-2-8(10)3-7(5-10)9(6)11/h6-9,11H,2-5H2,1H3/q+1/t6-,7+,8?,9?,10?. The van der Waals surface area contributed by atoms with Crippen LogP contribution in [0.15, 0.2) is 0 Å². The van der Waals surface area contributed by atoms with Crippen molar-refractivity contribution in [1.82, 2.24) is 0 Å². The summed E-state index contributed by atoms with van der Waals surface area (Å²) in [7, 11) is 2.37. The first-order valence-electron chi connectivity index (χ1n) is 4.71. The van der Waals surface area contributed by atoms with Crippen LogP contribution in [0.4, 0.5) is 0 Å². The number of nitrogens with zero attached hydrogens (tertiary/aromatic N) is 1. The molecule has 3 unspecified atom stereocenters. The zero-order chi connectivity index (χ0) is 7.64. The molecule has 3 saturated heterocycles. The first-order valence-corrected chi connectivity index (χ1v) is 4.71. The van der Waals surface area contributed by atoms with Gasteiger partial charge in [0.15, 0.2) is 0 Å². The Balaban J connectivity index is 2.02. The number of hydrogen-bond donors (Lipinski definition) is 1. The summed E-state index contributed by atoms with van der Waals surface area (Å²) in [5.74, 6) is 1.30. The minimum Gasteiger partial charge on any atom is -0.392 e. The Labute approximate surface area is 67.4 Å². The van der Waals surface area contributed by atoms with Crippen molar-refractivity contribution in [2.75, 3.05) is 20.1 Å². The van der Waals surface area contributed by atoms with Gasteiger partial charge in [0.25, 0.3) is 0 Å². The molecule has 1 saturated carbocycles. The van der Waals surface area contributed by atoms with Crippen molar-refractivity contribution in [3.63, 3.8) is 0 Å². The highest BCUT2D eigenvalue weighted by molar-refractivity contribution is 4.96. The molecule has 4 aliphatic rings. The third-order valence-corrected chi connectivity index (χ3v) is 4.30. The number of aliphatic hydroxyl groups excluding tert-OH is 1. The van der Waals surface area contributed by atoms with Crippen molar-refractivity contribution in [3.8, 4) is 0 Å². The molecule has 5 atom stereocenters. The van der Waals surface area contributed by atoms with Gasteiger partial charge < -0.3 is 9.59 Å². The van der Waals surface area contributed by atoms with Crippen LogP contribution in [0.1, 0.15) is 12.8 Å². The first-order chi connectivity index (χ1) is 5.19. The molecular weight excluding hydrogens is 138 g/mol. The van der Waals surface area contributed by atoms with Gasteiger partial charge in [-0.3, -0.25) is 0 Å². The van der Waals surface area contributed by atoms with E-state index in [-0.39, 0.29) is 6.10 Å². The number of quaternary nitrogens is 1. The van der Waals surface area contributed by atoms with Crippen molar-refractivity contribution < 1.29 is 9.59 Å². The summed E-state index contributed by atoms with van der Waals surface area (Å²) >= 11 is 0. The minimum atomic E-state index is 0.0555. The van der Waals surface area contributed by atoms with Crippen molar-refractivity contribution in [2.45, 2.75) is 25.0 Å². The van der Waals surface area contributed by atoms with E-state index in [0.29, 0.717) is 11.8 Å². The summed E-state index contributed by atoms with van der Waals surface area (Å²) in [5.41, 5.74) is 0. The molecule has 11 heavy (non-hydrogen) atoms. The van der Waals surface area contributed by atoms with Crippen LogP contribution in [0.5, 0.6) is 0 Å². The predicted molar refractivity (Wildman–Crippen MR) is 41.9 cm³/mol. The van der Waals surface area contributed by atoms with Crippen LogP contribution >= 0.6 is 0 Å². The monoisotopic (exact) mass is 154 g/mol. The summed E-state index contributed by atoms with van der Waals surface area (Å²) in [6, 6.07) is 0.911. The SMILES string of the molecule is C[N+]12C[C@H]3CC1C[C@@H](C2)C3O. The van der Waals surface area contributed by atoms with Crippen LogP contribution in [0.2, 0.25) is 0 Å². The topological polar surface area (TPSA) is 20.2 Å². The Morgan fingerprint density at radius 2 is 1.73 bits per heavy atom. The fourth-order valence-electron chi connectivity index (χ4n) is 3.78. The van der Waals surface area contributed by atoms with E-state index in [4.69, 9.17) is 0 Å². The van der Waals surface area contributed by atoms with Crippen LogP contribution in [0.3, 0.4) is 0 Å². The van der Waals surface area contributed by atoms with Gasteiger partial charge in [0, 0.05) is 24.7 Å². The second-order valence-corrected chi connectivity index (χ2v) is 4.98. The molecule has 3 heterocycles. The van der Waals surface area contributed by atoms with Crippen LogP contribution in [0.25, 0.3) is 0 Å². The zero-order valence-electron chi connectivity index (χ0n) is 7.03. The van der Waals surface area contributed by atoms with E-state index in [0.717, 1.165) is 6.04 Å². The Bertz CT molecular complexity index is 188. The Morgan fingerprint density at radius 1 is 1.18 bits per heavy atom. The van der Waals surface area contributed by atoms with Gasteiger partial charge in [-0.25, -0.2) is 0 Å². The predicted octanol–water partition coefficient (Wildman–Crippen LogP) is 0.216. The molecule has 1 N–H and O–H groups in total. The molecule has 2 nitrogen and oxygen atoms in total. The van der Waals surface area contributed by atoms with Crippen molar-refractivity contribution >= 4 is 0 Å². The zero-order valence-corrected chi connectivity index (χ0v) is 7.03. The number of hydrogen-bond acceptors (Lipinski definition) is 1. The second-order valence-electron chi connectivity index (χ2n) is 4.98. The highest BCUT2D eigenvalue weighted by atomic mass is 16.3. The second kappa shape index (κ2) is 1.64. The number of aliphatic hydroxyl groups is 1. The van der Waals surface area contributed by atoms with Gasteiger partial charge in [0.2, 0.25) is 0 Å². The summed E-state index contributed by atoms with van der Waals surface area (Å²) < 4.78 is 1.28. The Morgan fingerprint density at radius 3 is 2.18 bits per heavy atom. The smallest absolute Gasteiger partial charge is 0.0900 e. The van der Waals surface area contributed by atoms with E-state index in [1.807, 2.05) is 0 Å². The van der Waals surface area contributed by atoms with Gasteiger partial charge >= 0.3 is 0 Å². The van der Waals surface area contributed by atoms with Crippen molar-refractivity contribution in [1.29, 1.82) is 0 Å². The average molecular weight is 154 g/mol. The quantitative estimate of drug-likeness (QED) is 0.495. The molecule has 0 amide bonds. The lowest BCUT2D eigenvalue weighted by atomic mass is 9.80. The molecule has 3 aliphatic heterocycles. The average Bonchev–Trinajstić information content (AvgIpc) is 2.31. The van der Waals surface area contributed by atoms with Gasteiger partial charge in [0.05, 0.1) is 32.3 Å². The normalized spacial score (nSPS) is 66.0. The van der Waals surface area contributed by atoms with Gasteiger partial charge in [-0.1, -0.05) is 0 Å². The highest BCUT2D eigenvalue weighted by Gasteiger charge is 2.60. The van der Waals surface area contributed by atoms with Gasteiger partial charge in [0.1, 0.15) is 0 Å². The molecule has 4 rings (SSSR count). The third kappa shape index (κ3) is 0.611. The number of rotatable bonds is 0. The molecule has 0 aromatic heterocycles. The summed E-state index contributed by atoms with van der Waals surface area (Å²) in [6.45, 7) is 2.50. The van der Waals surface area contributed by atoms with E-state index in [1.165, 1.54) is 30.4 Å². The lowest BCUT2D eigenvalue weighted by molar-refractivity contribution is -0.914. The van der Waals surface area contributed by atoms with Gasteiger partial charge in [-0.2, -0.15) is 0 Å². The van der Waals surface area contributed by atoms with E-state index in [9.17, 15) is 5.11 Å². The molecule has 1 aliphatic carbocycles.